The predicted octanol–water partition coefficient (Wildman–Crippen LogP) is 6.18. The zero-order valence-corrected chi connectivity index (χ0v) is 22.9. The highest BCUT2D eigenvalue weighted by Gasteiger charge is 2.48. The van der Waals surface area contributed by atoms with E-state index in [4.69, 9.17) is 13.9 Å². The maximum atomic E-state index is 12.3. The monoisotopic (exact) mass is 468 g/mol. The van der Waals surface area contributed by atoms with Crippen LogP contribution in [0.15, 0.2) is 23.8 Å². The molecule has 4 atom stereocenters. The molecular formula is C26H48O5Si. The lowest BCUT2D eigenvalue weighted by Gasteiger charge is -2.46. The highest BCUT2D eigenvalue weighted by Crippen LogP contribution is 2.44. The van der Waals surface area contributed by atoms with Crippen molar-refractivity contribution in [3.8, 4) is 0 Å². The van der Waals surface area contributed by atoms with Crippen LogP contribution in [0.25, 0.3) is 0 Å². The first kappa shape index (κ1) is 29.1. The minimum Gasteiger partial charge on any atom is -0.459 e. The number of hydrogen-bond donors (Lipinski definition) is 1. The fourth-order valence-corrected chi connectivity index (χ4v) is 10.8. The van der Waals surface area contributed by atoms with Crippen LogP contribution >= 0.6 is 0 Å². The van der Waals surface area contributed by atoms with Gasteiger partial charge >= 0.3 is 5.97 Å². The average Bonchev–Trinajstić information content (AvgIpc) is 2.72. The molecule has 0 spiro atoms. The van der Waals surface area contributed by atoms with E-state index in [0.717, 1.165) is 18.4 Å². The van der Waals surface area contributed by atoms with Crippen LogP contribution in [0.1, 0.15) is 81.1 Å². The highest BCUT2D eigenvalue weighted by molar-refractivity contribution is 6.77. The van der Waals surface area contributed by atoms with Gasteiger partial charge in [-0.25, -0.2) is 0 Å². The Hall–Kier alpha value is -0.953. The Morgan fingerprint density at radius 1 is 1.19 bits per heavy atom. The lowest BCUT2D eigenvalue weighted by Crippen LogP contribution is -2.53. The van der Waals surface area contributed by atoms with Crippen LogP contribution in [0.2, 0.25) is 16.6 Å². The Balaban J connectivity index is 3.34. The van der Waals surface area contributed by atoms with Crippen molar-refractivity contribution in [2.24, 2.45) is 5.92 Å². The Kier molecular flexibility index (Phi) is 12.4. The smallest absolute Gasteiger partial charge is 0.306 e. The molecule has 1 fully saturated rings. The molecule has 1 saturated heterocycles. The molecule has 32 heavy (non-hydrogen) atoms. The molecule has 0 aromatic rings. The van der Waals surface area contributed by atoms with Crippen molar-refractivity contribution >= 4 is 14.3 Å². The van der Waals surface area contributed by atoms with Crippen LogP contribution in [0.3, 0.4) is 0 Å². The number of methoxy groups -OCH3 is 1. The van der Waals surface area contributed by atoms with Crippen molar-refractivity contribution in [1.29, 1.82) is 0 Å². The van der Waals surface area contributed by atoms with Crippen LogP contribution in [0.4, 0.5) is 0 Å². The molecule has 1 rings (SSSR count). The van der Waals surface area contributed by atoms with Crippen LogP contribution in [-0.2, 0) is 18.7 Å². The number of hydrogen-bond acceptors (Lipinski definition) is 5. The third kappa shape index (κ3) is 7.82. The van der Waals surface area contributed by atoms with Gasteiger partial charge in [0.1, 0.15) is 12.2 Å². The van der Waals surface area contributed by atoms with Crippen molar-refractivity contribution in [1.82, 2.24) is 0 Å². The molecule has 1 aliphatic rings. The maximum Gasteiger partial charge on any atom is 0.306 e. The zero-order chi connectivity index (χ0) is 24.5. The molecule has 0 bridgehead atoms. The average molecular weight is 469 g/mol. The Bertz CT molecular complexity index is 604. The quantitative estimate of drug-likeness (QED) is 0.199. The Morgan fingerprint density at radius 3 is 2.25 bits per heavy atom. The minimum absolute atomic E-state index is 0.00539. The number of carbonyl (C=O) groups excluding carboxylic acids is 1. The third-order valence-electron chi connectivity index (χ3n) is 6.85. The summed E-state index contributed by atoms with van der Waals surface area (Å²) in [6.45, 7) is 17.8. The largest absolute Gasteiger partial charge is 0.459 e. The third-order valence-corrected chi connectivity index (χ3v) is 12.9. The summed E-state index contributed by atoms with van der Waals surface area (Å²) >= 11 is 0. The summed E-state index contributed by atoms with van der Waals surface area (Å²) in [5, 5.41) is 9.73. The molecule has 1 heterocycles. The van der Waals surface area contributed by atoms with Crippen molar-refractivity contribution < 1.29 is 23.8 Å². The molecule has 6 heteroatoms. The van der Waals surface area contributed by atoms with E-state index in [-0.39, 0.29) is 43.2 Å². The molecule has 0 aromatic heterocycles. The number of esters is 1. The second-order valence-corrected chi connectivity index (χ2v) is 15.7. The molecule has 0 aliphatic carbocycles. The molecule has 1 N–H and O–H groups in total. The van der Waals surface area contributed by atoms with Gasteiger partial charge in [-0.05, 0) is 42.3 Å². The highest BCUT2D eigenvalue weighted by atomic mass is 28.4. The second kappa shape index (κ2) is 13.7. The molecule has 0 unspecified atom stereocenters. The van der Waals surface area contributed by atoms with E-state index in [1.165, 1.54) is 0 Å². The summed E-state index contributed by atoms with van der Waals surface area (Å²) in [6.07, 6.45) is 8.59. The Morgan fingerprint density at radius 2 is 1.78 bits per heavy atom. The first-order valence-electron chi connectivity index (χ1n) is 12.4. The van der Waals surface area contributed by atoms with Crippen molar-refractivity contribution in [3.63, 3.8) is 0 Å². The molecule has 0 saturated carbocycles. The molecule has 5 nitrogen and oxygen atoms in total. The number of aliphatic hydroxyl groups is 1. The first-order valence-corrected chi connectivity index (χ1v) is 14.5. The van der Waals surface area contributed by atoms with Gasteiger partial charge in [0.05, 0.1) is 12.5 Å². The molecule has 186 valence electrons. The van der Waals surface area contributed by atoms with Gasteiger partial charge in [-0.1, -0.05) is 78.7 Å². The van der Waals surface area contributed by atoms with Crippen LogP contribution in [0, 0.1) is 5.92 Å². The number of carbonyl (C=O) groups is 1. The standard InChI is InChI=1S/C26H48O5Si/c1-10-11-23(29-9)13-12-21(8)14-25(24-15-22(17-27)16-26(28)30-24)31-32(18(2)3,19(4)5)20(6)7/h12-14,18-20,22-25,27H,10-11,15-17H2,1-9H3/b13-12+,21-14+/t22-,23-,24-,25+/m1/s1. The number of allylic oxidation sites excluding steroid dienone is 2. The lowest BCUT2D eigenvalue weighted by atomic mass is 9.92. The van der Waals surface area contributed by atoms with E-state index in [0.29, 0.717) is 23.0 Å². The summed E-state index contributed by atoms with van der Waals surface area (Å²) in [6, 6.07) is 0. The topological polar surface area (TPSA) is 65.0 Å². The zero-order valence-electron chi connectivity index (χ0n) is 21.9. The van der Waals surface area contributed by atoms with Gasteiger partial charge < -0.3 is 19.0 Å². The van der Waals surface area contributed by atoms with Gasteiger partial charge in [0, 0.05) is 13.7 Å². The Labute approximate surface area is 197 Å². The lowest BCUT2D eigenvalue weighted by molar-refractivity contribution is -0.163. The molecule has 0 aromatic carbocycles. The second-order valence-electron chi connectivity index (χ2n) is 10.2. The SMILES string of the molecule is CCC[C@H](/C=C/C(C)=C/[C@H](O[Si](C(C)C)(C(C)C)C(C)C)[C@H]1C[C@@H](CO)CC(=O)O1)OC. The van der Waals surface area contributed by atoms with Gasteiger partial charge in [0.25, 0.3) is 0 Å². The van der Waals surface area contributed by atoms with Crippen LogP contribution < -0.4 is 0 Å². The molecule has 0 radical (unpaired) electrons. The summed E-state index contributed by atoms with van der Waals surface area (Å²) in [7, 11) is -0.471. The molecule has 0 amide bonds. The summed E-state index contributed by atoms with van der Waals surface area (Å²) in [5.74, 6) is -0.323. The number of cyclic esters (lactones) is 1. The number of rotatable bonds is 13. The van der Waals surface area contributed by atoms with Gasteiger partial charge in [-0.2, -0.15) is 0 Å². The van der Waals surface area contributed by atoms with E-state index < -0.39 is 8.32 Å². The summed E-state index contributed by atoms with van der Waals surface area (Å²) < 4.78 is 18.4. The van der Waals surface area contributed by atoms with Crippen molar-refractivity contribution in [3.05, 3.63) is 23.8 Å². The maximum absolute atomic E-state index is 12.3. The van der Waals surface area contributed by atoms with E-state index in [1.807, 2.05) is 0 Å². The van der Waals surface area contributed by atoms with Crippen molar-refractivity contribution in [2.45, 2.75) is 116 Å². The van der Waals surface area contributed by atoms with Gasteiger partial charge in [-0.15, -0.1) is 0 Å². The van der Waals surface area contributed by atoms with Crippen molar-refractivity contribution in [2.75, 3.05) is 13.7 Å². The minimum atomic E-state index is -2.21. The fourth-order valence-electron chi connectivity index (χ4n) is 5.27. The number of aliphatic hydroxyl groups excluding tert-OH is 1. The number of ether oxygens (including phenoxy) is 2. The fraction of sp³-hybridized carbons (Fsp3) is 0.808. The summed E-state index contributed by atoms with van der Waals surface area (Å²) in [4.78, 5) is 12.3. The van der Waals surface area contributed by atoms with Gasteiger partial charge in [-0.3, -0.25) is 4.79 Å². The molecule has 1 aliphatic heterocycles. The van der Waals surface area contributed by atoms with Gasteiger partial charge in [0.15, 0.2) is 0 Å². The molecular weight excluding hydrogens is 420 g/mol. The first-order chi connectivity index (χ1) is 15.0. The van der Waals surface area contributed by atoms with E-state index in [2.05, 4.69) is 73.6 Å². The van der Waals surface area contributed by atoms with Gasteiger partial charge in [0.2, 0.25) is 8.32 Å². The van der Waals surface area contributed by atoms with E-state index in [1.54, 1.807) is 7.11 Å². The van der Waals surface area contributed by atoms with E-state index in [9.17, 15) is 9.90 Å². The van der Waals surface area contributed by atoms with E-state index >= 15 is 0 Å². The normalized spacial score (nSPS) is 22.8. The summed E-state index contributed by atoms with van der Waals surface area (Å²) in [5.41, 5.74) is 2.33. The predicted molar refractivity (Wildman–Crippen MR) is 134 cm³/mol. The van der Waals surface area contributed by atoms with Crippen LogP contribution in [0.5, 0.6) is 0 Å². The van der Waals surface area contributed by atoms with Crippen LogP contribution in [-0.4, -0.2) is 51.4 Å².